The van der Waals surface area contributed by atoms with Gasteiger partial charge >= 0.3 is 0 Å². The highest BCUT2D eigenvalue weighted by molar-refractivity contribution is 8.13. The molecular formula is C16H20ClNO3S. The van der Waals surface area contributed by atoms with Crippen LogP contribution in [0.25, 0.3) is 0 Å². The van der Waals surface area contributed by atoms with Gasteiger partial charge in [-0.15, -0.1) is 0 Å². The van der Waals surface area contributed by atoms with Crippen LogP contribution >= 0.6 is 23.4 Å². The maximum Gasteiger partial charge on any atom is 0.227 e. The van der Waals surface area contributed by atoms with Gasteiger partial charge in [0.15, 0.2) is 5.12 Å². The van der Waals surface area contributed by atoms with Crippen LogP contribution in [0.5, 0.6) is 5.75 Å². The molecule has 6 heteroatoms. The first-order valence-electron chi connectivity index (χ1n) is 7.37. The first-order chi connectivity index (χ1) is 10.5. The van der Waals surface area contributed by atoms with Gasteiger partial charge in [-0.25, -0.2) is 0 Å². The fourth-order valence-electron chi connectivity index (χ4n) is 2.40. The third-order valence-electron chi connectivity index (χ3n) is 3.40. The molecule has 1 amide bonds. The summed E-state index contributed by atoms with van der Waals surface area (Å²) in [6, 6.07) is 5.34. The largest absolute Gasteiger partial charge is 0.491 e. The van der Waals surface area contributed by atoms with Crippen molar-refractivity contribution >= 4 is 40.1 Å². The van der Waals surface area contributed by atoms with Gasteiger partial charge in [-0.2, -0.15) is 0 Å². The van der Waals surface area contributed by atoms with Crippen molar-refractivity contribution in [1.82, 2.24) is 0 Å². The third-order valence-corrected chi connectivity index (χ3v) is 4.68. The van der Waals surface area contributed by atoms with Gasteiger partial charge in [-0.1, -0.05) is 30.3 Å². The van der Waals surface area contributed by atoms with Crippen LogP contribution < -0.4 is 9.64 Å². The van der Waals surface area contributed by atoms with E-state index in [1.807, 2.05) is 6.92 Å². The molecule has 1 fully saturated rings. The number of benzene rings is 1. The van der Waals surface area contributed by atoms with Crippen molar-refractivity contribution in [2.75, 3.05) is 23.8 Å². The molecule has 1 heterocycles. The Morgan fingerprint density at radius 1 is 1.50 bits per heavy atom. The summed E-state index contributed by atoms with van der Waals surface area (Å²) in [5.41, 5.74) is 0.723. The van der Waals surface area contributed by atoms with Crippen molar-refractivity contribution in [3.05, 3.63) is 23.2 Å². The Morgan fingerprint density at radius 3 is 2.95 bits per heavy atom. The summed E-state index contributed by atoms with van der Waals surface area (Å²) in [5, 5.41) is 0.661. The molecule has 120 valence electrons. The van der Waals surface area contributed by atoms with Crippen molar-refractivity contribution in [3.63, 3.8) is 0 Å². The van der Waals surface area contributed by atoms with Gasteiger partial charge < -0.3 is 9.64 Å². The van der Waals surface area contributed by atoms with Crippen molar-refractivity contribution in [2.24, 2.45) is 5.92 Å². The zero-order valence-electron chi connectivity index (χ0n) is 12.8. The second kappa shape index (κ2) is 7.88. The van der Waals surface area contributed by atoms with E-state index < -0.39 is 0 Å². The molecule has 1 unspecified atom stereocenters. The fraction of sp³-hybridized carbons (Fsp3) is 0.500. The minimum absolute atomic E-state index is 0.0535. The van der Waals surface area contributed by atoms with Gasteiger partial charge in [0.2, 0.25) is 5.91 Å². The molecule has 0 bridgehead atoms. The highest BCUT2D eigenvalue weighted by atomic mass is 35.5. The van der Waals surface area contributed by atoms with Crippen LogP contribution in [-0.2, 0) is 9.59 Å². The zero-order valence-corrected chi connectivity index (χ0v) is 14.4. The Kier molecular flexibility index (Phi) is 6.15. The summed E-state index contributed by atoms with van der Waals surface area (Å²) >= 11 is 7.35. The molecule has 1 saturated heterocycles. The topological polar surface area (TPSA) is 46.6 Å². The molecule has 0 radical (unpaired) electrons. The summed E-state index contributed by atoms with van der Waals surface area (Å²) in [4.78, 5) is 25.1. The van der Waals surface area contributed by atoms with Gasteiger partial charge in [-0.05, 0) is 30.5 Å². The minimum atomic E-state index is 0.0535. The quantitative estimate of drug-likeness (QED) is 0.790. The van der Waals surface area contributed by atoms with Gasteiger partial charge in [0.25, 0.3) is 0 Å². The molecule has 0 saturated carbocycles. The molecule has 2 rings (SSSR count). The number of hydrogen-bond donors (Lipinski definition) is 0. The van der Waals surface area contributed by atoms with Crippen molar-refractivity contribution in [1.29, 1.82) is 0 Å². The third kappa shape index (κ3) is 4.40. The Balaban J connectivity index is 2.14. The standard InChI is InChI=1S/C16H20ClNO3S/c1-3-6-21-15-5-4-13(17)8-14(15)18-9-12(7-16(18)20)10-22-11(2)19/h4-5,8,12H,3,6-7,9-10H2,1-2H3. The second-order valence-corrected chi connectivity index (χ2v) is 6.97. The van der Waals surface area contributed by atoms with E-state index in [0.29, 0.717) is 36.1 Å². The van der Waals surface area contributed by atoms with E-state index in [0.717, 1.165) is 12.1 Å². The SMILES string of the molecule is CCCOc1ccc(Cl)cc1N1CC(CSC(C)=O)CC1=O. The lowest BCUT2D eigenvalue weighted by molar-refractivity contribution is -0.117. The molecule has 22 heavy (non-hydrogen) atoms. The van der Waals surface area contributed by atoms with Crippen LogP contribution in [0, 0.1) is 5.92 Å². The van der Waals surface area contributed by atoms with E-state index in [-0.39, 0.29) is 16.9 Å². The van der Waals surface area contributed by atoms with E-state index in [9.17, 15) is 9.59 Å². The lowest BCUT2D eigenvalue weighted by Gasteiger charge is -2.20. The fourth-order valence-corrected chi connectivity index (χ4v) is 3.26. The van der Waals surface area contributed by atoms with Gasteiger partial charge in [0.1, 0.15) is 5.75 Å². The highest BCUT2D eigenvalue weighted by Gasteiger charge is 2.32. The van der Waals surface area contributed by atoms with Crippen LogP contribution in [0.2, 0.25) is 5.02 Å². The smallest absolute Gasteiger partial charge is 0.227 e. The first kappa shape index (κ1) is 17.2. The molecule has 1 aliphatic rings. The lowest BCUT2D eigenvalue weighted by atomic mass is 10.1. The molecule has 1 aromatic rings. The maximum atomic E-state index is 12.3. The molecular weight excluding hydrogens is 322 g/mol. The number of hydrogen-bond acceptors (Lipinski definition) is 4. The number of carbonyl (C=O) groups excluding carboxylic acids is 2. The molecule has 4 nitrogen and oxygen atoms in total. The van der Waals surface area contributed by atoms with Crippen LogP contribution in [0.15, 0.2) is 18.2 Å². The number of halogens is 1. The average molecular weight is 342 g/mol. The Labute approximate surface area is 140 Å². The molecule has 0 spiro atoms. The number of rotatable bonds is 6. The van der Waals surface area contributed by atoms with Crippen LogP contribution in [-0.4, -0.2) is 29.9 Å². The Bertz CT molecular complexity index is 564. The zero-order chi connectivity index (χ0) is 16.1. The van der Waals surface area contributed by atoms with Crippen molar-refractivity contribution in [2.45, 2.75) is 26.7 Å². The number of carbonyl (C=O) groups is 2. The van der Waals surface area contributed by atoms with Crippen LogP contribution in [0.4, 0.5) is 5.69 Å². The normalized spacial score (nSPS) is 17.9. The van der Waals surface area contributed by atoms with E-state index in [1.165, 1.54) is 11.8 Å². The molecule has 0 aliphatic carbocycles. The number of anilines is 1. The molecule has 1 aromatic carbocycles. The number of thioether (sulfide) groups is 1. The molecule has 1 aliphatic heterocycles. The molecule has 0 N–H and O–H groups in total. The van der Waals surface area contributed by atoms with Gasteiger partial charge in [0, 0.05) is 30.7 Å². The maximum absolute atomic E-state index is 12.3. The van der Waals surface area contributed by atoms with E-state index in [2.05, 4.69) is 0 Å². The predicted octanol–water partition coefficient (Wildman–Crippen LogP) is 3.76. The van der Waals surface area contributed by atoms with E-state index >= 15 is 0 Å². The summed E-state index contributed by atoms with van der Waals surface area (Å²) in [5.74, 6) is 1.58. The van der Waals surface area contributed by atoms with E-state index in [1.54, 1.807) is 30.0 Å². The number of amides is 1. The van der Waals surface area contributed by atoms with Crippen LogP contribution in [0.3, 0.4) is 0 Å². The van der Waals surface area contributed by atoms with Crippen molar-refractivity contribution in [3.8, 4) is 5.75 Å². The highest BCUT2D eigenvalue weighted by Crippen LogP contribution is 2.36. The van der Waals surface area contributed by atoms with Gasteiger partial charge in [0.05, 0.1) is 12.3 Å². The summed E-state index contributed by atoms with van der Waals surface area (Å²) < 4.78 is 5.72. The average Bonchev–Trinajstić information content (AvgIpc) is 2.85. The Hall–Kier alpha value is -1.20. The number of ether oxygens (including phenoxy) is 1. The minimum Gasteiger partial charge on any atom is -0.491 e. The second-order valence-electron chi connectivity index (χ2n) is 5.34. The van der Waals surface area contributed by atoms with Crippen molar-refractivity contribution < 1.29 is 14.3 Å². The summed E-state index contributed by atoms with van der Waals surface area (Å²) in [7, 11) is 0. The monoisotopic (exact) mass is 341 g/mol. The molecule has 0 aromatic heterocycles. The lowest BCUT2D eigenvalue weighted by Crippen LogP contribution is -2.25. The number of nitrogens with zero attached hydrogens (tertiary/aromatic N) is 1. The predicted molar refractivity (Wildman–Crippen MR) is 90.8 cm³/mol. The summed E-state index contributed by atoms with van der Waals surface area (Å²) in [6.45, 7) is 4.78. The van der Waals surface area contributed by atoms with Crippen LogP contribution in [0.1, 0.15) is 26.7 Å². The molecule has 1 atom stereocenters. The van der Waals surface area contributed by atoms with E-state index in [4.69, 9.17) is 16.3 Å². The first-order valence-corrected chi connectivity index (χ1v) is 8.73. The van der Waals surface area contributed by atoms with Gasteiger partial charge in [-0.3, -0.25) is 9.59 Å². The Morgan fingerprint density at radius 2 is 2.27 bits per heavy atom. The summed E-state index contributed by atoms with van der Waals surface area (Å²) in [6.07, 6.45) is 1.36.